The number of carbonyl (C=O) groups is 1. The molecule has 0 unspecified atom stereocenters. The number of sulfone groups is 1. The first-order chi connectivity index (χ1) is 13.9. The molecule has 0 aliphatic carbocycles. The molecular formula is C19H19N3O6S. The lowest BCUT2D eigenvalue weighted by Crippen LogP contribution is -2.12. The van der Waals surface area contributed by atoms with Crippen molar-refractivity contribution in [3.05, 3.63) is 48.0 Å². The van der Waals surface area contributed by atoms with Crippen molar-refractivity contribution in [3.8, 4) is 23.0 Å². The van der Waals surface area contributed by atoms with Crippen LogP contribution in [0, 0.1) is 0 Å². The topological polar surface area (TPSA) is 121 Å². The van der Waals surface area contributed by atoms with Crippen molar-refractivity contribution in [1.29, 1.82) is 0 Å². The van der Waals surface area contributed by atoms with Crippen molar-refractivity contribution in [2.75, 3.05) is 25.3 Å². The average Bonchev–Trinajstić information content (AvgIpc) is 3.21. The molecule has 152 valence electrons. The molecule has 0 bridgehead atoms. The minimum Gasteiger partial charge on any atom is -0.497 e. The summed E-state index contributed by atoms with van der Waals surface area (Å²) >= 11 is 0. The molecule has 0 saturated heterocycles. The van der Waals surface area contributed by atoms with Crippen LogP contribution in [-0.4, -0.2) is 44.5 Å². The van der Waals surface area contributed by atoms with E-state index in [-0.39, 0.29) is 28.1 Å². The molecule has 1 N–H and O–H groups in total. The van der Waals surface area contributed by atoms with Gasteiger partial charge in [-0.2, -0.15) is 0 Å². The van der Waals surface area contributed by atoms with Gasteiger partial charge in [0.1, 0.15) is 11.5 Å². The van der Waals surface area contributed by atoms with Gasteiger partial charge in [0.15, 0.2) is 9.84 Å². The molecule has 0 fully saturated rings. The predicted molar refractivity (Wildman–Crippen MR) is 105 cm³/mol. The van der Waals surface area contributed by atoms with Gasteiger partial charge in [0, 0.05) is 17.2 Å². The Morgan fingerprint density at radius 2 is 1.66 bits per heavy atom. The lowest BCUT2D eigenvalue weighted by Gasteiger charge is -2.07. The highest BCUT2D eigenvalue weighted by atomic mass is 32.2. The van der Waals surface area contributed by atoms with E-state index in [4.69, 9.17) is 13.9 Å². The molecule has 0 aliphatic heterocycles. The Hall–Kier alpha value is -3.40. The quantitative estimate of drug-likeness (QED) is 0.623. The van der Waals surface area contributed by atoms with E-state index < -0.39 is 15.7 Å². The van der Waals surface area contributed by atoms with Crippen LogP contribution in [0.1, 0.15) is 17.3 Å². The molecule has 1 aromatic heterocycles. The first-order valence-corrected chi connectivity index (χ1v) is 10.2. The van der Waals surface area contributed by atoms with E-state index in [1.54, 1.807) is 37.3 Å². The molecule has 9 nitrogen and oxygen atoms in total. The standard InChI is InChI=1S/C19H19N3O6S/c1-4-29(24,25)16-7-5-12(6-8-16)18-21-22-19(28-18)20-17(23)13-9-14(26-2)11-15(10-13)27-3/h5-11H,4H2,1-3H3,(H,20,22,23). The molecule has 0 radical (unpaired) electrons. The number of nitrogens with one attached hydrogen (secondary N) is 1. The number of hydrogen-bond acceptors (Lipinski definition) is 8. The number of ether oxygens (including phenoxy) is 2. The zero-order chi connectivity index (χ0) is 21.0. The van der Waals surface area contributed by atoms with E-state index in [2.05, 4.69) is 15.5 Å². The van der Waals surface area contributed by atoms with Crippen LogP contribution in [0.2, 0.25) is 0 Å². The zero-order valence-electron chi connectivity index (χ0n) is 16.0. The van der Waals surface area contributed by atoms with Gasteiger partial charge in [0.25, 0.3) is 5.91 Å². The van der Waals surface area contributed by atoms with Crippen LogP contribution in [0.3, 0.4) is 0 Å². The van der Waals surface area contributed by atoms with Crippen LogP contribution >= 0.6 is 0 Å². The van der Waals surface area contributed by atoms with Crippen LogP contribution in [0.15, 0.2) is 51.8 Å². The van der Waals surface area contributed by atoms with Crippen LogP contribution in [-0.2, 0) is 9.84 Å². The summed E-state index contributed by atoms with van der Waals surface area (Å²) in [7, 11) is -0.326. The lowest BCUT2D eigenvalue weighted by molar-refractivity contribution is 0.102. The van der Waals surface area contributed by atoms with Crippen molar-refractivity contribution < 1.29 is 27.1 Å². The van der Waals surface area contributed by atoms with Gasteiger partial charge in [-0.25, -0.2) is 8.42 Å². The molecular weight excluding hydrogens is 398 g/mol. The summed E-state index contributed by atoms with van der Waals surface area (Å²) in [5.41, 5.74) is 0.811. The molecule has 0 aliphatic rings. The van der Waals surface area contributed by atoms with E-state index in [1.807, 2.05) is 0 Å². The molecule has 10 heteroatoms. The minimum atomic E-state index is -3.29. The Morgan fingerprint density at radius 3 is 2.21 bits per heavy atom. The molecule has 0 saturated carbocycles. The van der Waals surface area contributed by atoms with Crippen molar-refractivity contribution in [2.24, 2.45) is 0 Å². The highest BCUT2D eigenvalue weighted by Gasteiger charge is 2.16. The Labute approximate surface area is 167 Å². The predicted octanol–water partition coefficient (Wildman–Crippen LogP) is 2.80. The number of aromatic nitrogens is 2. The number of hydrogen-bond donors (Lipinski definition) is 1. The van der Waals surface area contributed by atoms with Crippen LogP contribution in [0.25, 0.3) is 11.5 Å². The summed E-state index contributed by atoms with van der Waals surface area (Å²) < 4.78 is 39.5. The maximum atomic E-state index is 12.5. The summed E-state index contributed by atoms with van der Waals surface area (Å²) in [5, 5.41) is 10.2. The minimum absolute atomic E-state index is 0.0120. The number of rotatable bonds is 7. The third kappa shape index (κ3) is 4.54. The normalized spacial score (nSPS) is 11.1. The van der Waals surface area contributed by atoms with Gasteiger partial charge in [-0.15, -0.1) is 5.10 Å². The van der Waals surface area contributed by atoms with Crippen LogP contribution in [0.5, 0.6) is 11.5 Å². The van der Waals surface area contributed by atoms with E-state index >= 15 is 0 Å². The highest BCUT2D eigenvalue weighted by molar-refractivity contribution is 7.91. The first-order valence-electron chi connectivity index (χ1n) is 8.57. The van der Waals surface area contributed by atoms with Gasteiger partial charge >= 0.3 is 6.01 Å². The Balaban J connectivity index is 1.78. The van der Waals surface area contributed by atoms with Gasteiger partial charge in [0.2, 0.25) is 5.89 Å². The maximum absolute atomic E-state index is 12.5. The molecule has 1 heterocycles. The molecule has 0 atom stereocenters. The van der Waals surface area contributed by atoms with Gasteiger partial charge in [-0.05, 0) is 36.4 Å². The number of anilines is 1. The van der Waals surface area contributed by atoms with Crippen LogP contribution < -0.4 is 14.8 Å². The maximum Gasteiger partial charge on any atom is 0.322 e. The fourth-order valence-corrected chi connectivity index (χ4v) is 3.35. The van der Waals surface area contributed by atoms with Gasteiger partial charge in [-0.1, -0.05) is 12.0 Å². The molecule has 3 rings (SSSR count). The van der Waals surface area contributed by atoms with E-state index in [0.29, 0.717) is 17.1 Å². The number of benzene rings is 2. The first kappa shape index (κ1) is 20.3. The molecule has 2 aromatic carbocycles. The second kappa shape index (κ2) is 8.31. The van der Waals surface area contributed by atoms with E-state index in [1.165, 1.54) is 26.4 Å². The second-order valence-electron chi connectivity index (χ2n) is 5.90. The fraction of sp³-hybridized carbons (Fsp3) is 0.211. The third-order valence-corrected chi connectivity index (χ3v) is 5.85. The fourth-order valence-electron chi connectivity index (χ4n) is 2.47. The molecule has 3 aromatic rings. The number of methoxy groups -OCH3 is 2. The second-order valence-corrected chi connectivity index (χ2v) is 8.17. The summed E-state index contributed by atoms with van der Waals surface area (Å²) in [6.45, 7) is 1.58. The Morgan fingerprint density at radius 1 is 1.03 bits per heavy atom. The summed E-state index contributed by atoms with van der Waals surface area (Å²) in [4.78, 5) is 12.7. The number of nitrogens with zero attached hydrogens (tertiary/aromatic N) is 2. The summed E-state index contributed by atoms with van der Waals surface area (Å²) in [5.74, 6) is 0.592. The van der Waals surface area contributed by atoms with E-state index in [0.717, 1.165) is 0 Å². The van der Waals surface area contributed by atoms with E-state index in [9.17, 15) is 13.2 Å². The summed E-state index contributed by atoms with van der Waals surface area (Å²) in [6.07, 6.45) is 0. The largest absolute Gasteiger partial charge is 0.497 e. The van der Waals surface area contributed by atoms with Gasteiger partial charge in [0.05, 0.1) is 24.9 Å². The molecule has 1 amide bonds. The number of amides is 1. The van der Waals surface area contributed by atoms with Crippen LogP contribution in [0.4, 0.5) is 6.01 Å². The average molecular weight is 417 g/mol. The smallest absolute Gasteiger partial charge is 0.322 e. The van der Waals surface area contributed by atoms with Gasteiger partial charge < -0.3 is 13.9 Å². The monoisotopic (exact) mass is 417 g/mol. The molecule has 29 heavy (non-hydrogen) atoms. The zero-order valence-corrected chi connectivity index (χ0v) is 16.8. The molecule has 0 spiro atoms. The van der Waals surface area contributed by atoms with Crippen molar-refractivity contribution in [3.63, 3.8) is 0 Å². The van der Waals surface area contributed by atoms with Crippen molar-refractivity contribution in [2.45, 2.75) is 11.8 Å². The number of carbonyl (C=O) groups excluding carboxylic acids is 1. The lowest BCUT2D eigenvalue weighted by atomic mass is 10.2. The Bertz CT molecular complexity index is 1100. The van der Waals surface area contributed by atoms with Gasteiger partial charge in [-0.3, -0.25) is 10.1 Å². The van der Waals surface area contributed by atoms with Crippen molar-refractivity contribution >= 4 is 21.8 Å². The Kier molecular flexibility index (Phi) is 5.83. The van der Waals surface area contributed by atoms with Crippen molar-refractivity contribution in [1.82, 2.24) is 10.2 Å². The summed E-state index contributed by atoms with van der Waals surface area (Å²) in [6, 6.07) is 10.7. The highest BCUT2D eigenvalue weighted by Crippen LogP contribution is 2.25. The third-order valence-electron chi connectivity index (χ3n) is 4.10. The SMILES string of the molecule is CCS(=O)(=O)c1ccc(-c2nnc(NC(=O)c3cc(OC)cc(OC)c3)o2)cc1.